The molecule has 1 aliphatic heterocycles. The first-order valence-corrected chi connectivity index (χ1v) is 5.23. The van der Waals surface area contributed by atoms with Gasteiger partial charge in [-0.15, -0.1) is 0 Å². The van der Waals surface area contributed by atoms with Crippen LogP contribution in [0.25, 0.3) is 0 Å². The molecule has 2 unspecified atom stereocenters. The van der Waals surface area contributed by atoms with E-state index in [4.69, 9.17) is 0 Å². The molecule has 0 saturated carbocycles. The summed E-state index contributed by atoms with van der Waals surface area (Å²) in [5.41, 5.74) is 0.839. The zero-order valence-electron chi connectivity index (χ0n) is 9.50. The number of rotatable bonds is 1. The zero-order chi connectivity index (χ0) is 10.7. The highest BCUT2D eigenvalue weighted by atomic mass is 16.2. The average molecular weight is 196 g/mol. The van der Waals surface area contributed by atoms with E-state index in [2.05, 4.69) is 19.2 Å². The summed E-state index contributed by atoms with van der Waals surface area (Å²) in [5.74, 6) is 0.174. The van der Waals surface area contributed by atoms with Gasteiger partial charge in [-0.25, -0.2) is 0 Å². The Morgan fingerprint density at radius 1 is 1.50 bits per heavy atom. The first kappa shape index (κ1) is 11.2. The van der Waals surface area contributed by atoms with Gasteiger partial charge in [-0.3, -0.25) is 4.79 Å². The predicted octanol–water partition coefficient (Wildman–Crippen LogP) is 1.16. The van der Waals surface area contributed by atoms with Crippen molar-refractivity contribution >= 4 is 5.91 Å². The number of nitrogens with zero attached hydrogens (tertiary/aromatic N) is 1. The summed E-state index contributed by atoms with van der Waals surface area (Å²) >= 11 is 0. The van der Waals surface area contributed by atoms with Crippen LogP contribution in [0.3, 0.4) is 0 Å². The third-order valence-corrected chi connectivity index (χ3v) is 2.80. The second kappa shape index (κ2) is 4.60. The predicted molar refractivity (Wildman–Crippen MR) is 58.1 cm³/mol. The molecule has 1 saturated heterocycles. The molecular formula is C11H20N2O. The summed E-state index contributed by atoms with van der Waals surface area (Å²) in [6.07, 6.45) is 1.88. The third kappa shape index (κ3) is 2.35. The average Bonchev–Trinajstić information content (AvgIpc) is 2.19. The number of carbonyl (C=O) groups is 1. The van der Waals surface area contributed by atoms with E-state index in [9.17, 15) is 4.79 Å². The summed E-state index contributed by atoms with van der Waals surface area (Å²) in [7, 11) is 0. The maximum atomic E-state index is 11.9. The molecule has 1 fully saturated rings. The summed E-state index contributed by atoms with van der Waals surface area (Å²) in [5, 5.41) is 3.36. The Hall–Kier alpha value is -0.830. The highest BCUT2D eigenvalue weighted by molar-refractivity contribution is 5.93. The number of carbonyl (C=O) groups excluding carboxylic acids is 1. The SMILES string of the molecule is C/C=C(/C)C(=O)N1CC(C)NCC1C. The molecule has 3 nitrogen and oxygen atoms in total. The van der Waals surface area contributed by atoms with Crippen LogP contribution < -0.4 is 5.32 Å². The fourth-order valence-corrected chi connectivity index (χ4v) is 1.65. The van der Waals surface area contributed by atoms with Gasteiger partial charge in [-0.05, 0) is 27.7 Å². The van der Waals surface area contributed by atoms with Crippen LogP contribution in [-0.4, -0.2) is 36.0 Å². The number of nitrogens with one attached hydrogen (secondary N) is 1. The van der Waals surface area contributed by atoms with Crippen molar-refractivity contribution in [3.8, 4) is 0 Å². The van der Waals surface area contributed by atoms with Crippen molar-refractivity contribution in [2.75, 3.05) is 13.1 Å². The largest absolute Gasteiger partial charge is 0.333 e. The fourth-order valence-electron chi connectivity index (χ4n) is 1.65. The molecule has 0 spiro atoms. The number of allylic oxidation sites excluding steroid dienone is 1. The van der Waals surface area contributed by atoms with Gasteiger partial charge < -0.3 is 10.2 Å². The first-order valence-electron chi connectivity index (χ1n) is 5.23. The minimum absolute atomic E-state index is 0.174. The second-order valence-corrected chi connectivity index (χ2v) is 4.09. The Labute approximate surface area is 86.2 Å². The molecule has 0 aliphatic carbocycles. The Kier molecular flexibility index (Phi) is 3.69. The Balaban J connectivity index is 2.70. The number of piperazine rings is 1. The van der Waals surface area contributed by atoms with Crippen LogP contribution >= 0.6 is 0 Å². The van der Waals surface area contributed by atoms with Crippen molar-refractivity contribution in [1.82, 2.24) is 10.2 Å². The van der Waals surface area contributed by atoms with Gasteiger partial charge in [-0.2, -0.15) is 0 Å². The van der Waals surface area contributed by atoms with Gasteiger partial charge in [0.2, 0.25) is 5.91 Å². The van der Waals surface area contributed by atoms with Gasteiger partial charge >= 0.3 is 0 Å². The van der Waals surface area contributed by atoms with E-state index in [0.29, 0.717) is 12.1 Å². The highest BCUT2D eigenvalue weighted by Gasteiger charge is 2.26. The van der Waals surface area contributed by atoms with E-state index in [1.54, 1.807) is 0 Å². The normalized spacial score (nSPS) is 29.1. The molecule has 1 N–H and O–H groups in total. The number of hydrogen-bond acceptors (Lipinski definition) is 2. The van der Waals surface area contributed by atoms with Gasteiger partial charge in [0.1, 0.15) is 0 Å². The molecule has 1 aliphatic rings. The van der Waals surface area contributed by atoms with Gasteiger partial charge in [0, 0.05) is 30.7 Å². The molecule has 80 valence electrons. The summed E-state index contributed by atoms with van der Waals surface area (Å²) in [4.78, 5) is 13.9. The lowest BCUT2D eigenvalue weighted by Crippen LogP contribution is -2.56. The summed E-state index contributed by atoms with van der Waals surface area (Å²) < 4.78 is 0. The van der Waals surface area contributed by atoms with Crippen LogP contribution in [-0.2, 0) is 4.79 Å². The lowest BCUT2D eigenvalue weighted by Gasteiger charge is -2.37. The van der Waals surface area contributed by atoms with Crippen LogP contribution in [0.4, 0.5) is 0 Å². The monoisotopic (exact) mass is 196 g/mol. The van der Waals surface area contributed by atoms with Crippen molar-refractivity contribution in [2.45, 2.75) is 39.8 Å². The lowest BCUT2D eigenvalue weighted by molar-refractivity contribution is -0.130. The molecule has 0 aromatic heterocycles. The van der Waals surface area contributed by atoms with E-state index in [1.165, 1.54) is 0 Å². The zero-order valence-corrected chi connectivity index (χ0v) is 9.50. The smallest absolute Gasteiger partial charge is 0.249 e. The van der Waals surface area contributed by atoms with Crippen molar-refractivity contribution < 1.29 is 4.79 Å². The van der Waals surface area contributed by atoms with E-state index in [-0.39, 0.29) is 5.91 Å². The topological polar surface area (TPSA) is 32.3 Å². The maximum absolute atomic E-state index is 11.9. The van der Waals surface area contributed by atoms with Crippen LogP contribution in [0.2, 0.25) is 0 Å². The molecule has 1 rings (SSSR count). The molecule has 0 bridgehead atoms. The Morgan fingerprint density at radius 3 is 2.71 bits per heavy atom. The van der Waals surface area contributed by atoms with Crippen LogP contribution in [0.15, 0.2) is 11.6 Å². The van der Waals surface area contributed by atoms with Crippen molar-refractivity contribution in [1.29, 1.82) is 0 Å². The molecule has 1 heterocycles. The van der Waals surface area contributed by atoms with E-state index < -0.39 is 0 Å². The van der Waals surface area contributed by atoms with Gasteiger partial charge in [0.15, 0.2) is 0 Å². The molecule has 2 atom stereocenters. The molecule has 14 heavy (non-hydrogen) atoms. The molecule has 1 amide bonds. The molecule has 0 aromatic carbocycles. The van der Waals surface area contributed by atoms with Crippen molar-refractivity contribution in [3.05, 3.63) is 11.6 Å². The molecule has 3 heteroatoms. The van der Waals surface area contributed by atoms with E-state index in [0.717, 1.165) is 18.7 Å². The Bertz CT molecular complexity index is 248. The number of amides is 1. The van der Waals surface area contributed by atoms with Crippen molar-refractivity contribution in [3.63, 3.8) is 0 Å². The molecular weight excluding hydrogens is 176 g/mol. The lowest BCUT2D eigenvalue weighted by atomic mass is 10.1. The van der Waals surface area contributed by atoms with Crippen LogP contribution in [0.1, 0.15) is 27.7 Å². The second-order valence-electron chi connectivity index (χ2n) is 4.09. The summed E-state index contributed by atoms with van der Waals surface area (Å²) in [6.45, 7) is 9.68. The molecule has 0 radical (unpaired) electrons. The number of hydrogen-bond donors (Lipinski definition) is 1. The first-order chi connectivity index (χ1) is 6.56. The fraction of sp³-hybridized carbons (Fsp3) is 0.727. The quantitative estimate of drug-likeness (QED) is 0.638. The third-order valence-electron chi connectivity index (χ3n) is 2.80. The van der Waals surface area contributed by atoms with Crippen LogP contribution in [0, 0.1) is 0 Å². The van der Waals surface area contributed by atoms with Crippen LogP contribution in [0.5, 0.6) is 0 Å². The van der Waals surface area contributed by atoms with Gasteiger partial charge in [0.25, 0.3) is 0 Å². The standard InChI is InChI=1S/C11H20N2O/c1-5-8(2)11(14)13-7-9(3)12-6-10(13)4/h5,9-10,12H,6-7H2,1-4H3/b8-5-. The van der Waals surface area contributed by atoms with E-state index >= 15 is 0 Å². The van der Waals surface area contributed by atoms with Gasteiger partial charge in [0.05, 0.1) is 0 Å². The minimum atomic E-state index is 0.174. The summed E-state index contributed by atoms with van der Waals surface area (Å²) in [6, 6.07) is 0.702. The van der Waals surface area contributed by atoms with E-state index in [1.807, 2.05) is 24.8 Å². The minimum Gasteiger partial charge on any atom is -0.333 e. The maximum Gasteiger partial charge on any atom is 0.249 e. The van der Waals surface area contributed by atoms with Gasteiger partial charge in [-0.1, -0.05) is 6.08 Å². The Morgan fingerprint density at radius 2 is 2.14 bits per heavy atom. The van der Waals surface area contributed by atoms with Crippen molar-refractivity contribution in [2.24, 2.45) is 0 Å². The molecule has 0 aromatic rings. The highest BCUT2D eigenvalue weighted by Crippen LogP contribution is 2.10.